The molecule has 0 aromatic rings. The number of hydrogen-bond acceptors (Lipinski definition) is 3. The van der Waals surface area contributed by atoms with E-state index in [9.17, 15) is 0 Å². The number of likely N-dealkylation sites (tertiary alicyclic amines) is 2. The molecular formula is C15H31N3. The first-order chi connectivity index (χ1) is 8.69. The van der Waals surface area contributed by atoms with E-state index in [4.69, 9.17) is 0 Å². The maximum atomic E-state index is 3.61. The van der Waals surface area contributed by atoms with Gasteiger partial charge >= 0.3 is 0 Å². The molecule has 0 aliphatic carbocycles. The van der Waals surface area contributed by atoms with Gasteiger partial charge in [-0.15, -0.1) is 0 Å². The molecule has 0 aromatic heterocycles. The van der Waals surface area contributed by atoms with Gasteiger partial charge in [-0.25, -0.2) is 0 Å². The highest BCUT2D eigenvalue weighted by atomic mass is 15.2. The number of piperidine rings is 2. The van der Waals surface area contributed by atoms with Crippen LogP contribution in [0.4, 0.5) is 0 Å². The van der Waals surface area contributed by atoms with E-state index in [0.717, 1.165) is 24.5 Å². The highest BCUT2D eigenvalue weighted by Crippen LogP contribution is 2.22. The van der Waals surface area contributed by atoms with Crippen LogP contribution in [0, 0.1) is 5.92 Å². The third-order valence-electron chi connectivity index (χ3n) is 4.72. The van der Waals surface area contributed by atoms with Crippen molar-refractivity contribution in [2.45, 2.75) is 51.6 Å². The molecule has 2 aliphatic heterocycles. The zero-order chi connectivity index (χ0) is 13.0. The molecule has 3 nitrogen and oxygen atoms in total. The Morgan fingerprint density at radius 2 is 2.06 bits per heavy atom. The molecule has 18 heavy (non-hydrogen) atoms. The van der Waals surface area contributed by atoms with Gasteiger partial charge in [0.05, 0.1) is 0 Å². The van der Waals surface area contributed by atoms with Gasteiger partial charge in [-0.05, 0) is 65.2 Å². The van der Waals surface area contributed by atoms with Crippen LogP contribution >= 0.6 is 0 Å². The zero-order valence-electron chi connectivity index (χ0n) is 12.5. The standard InChI is InChI=1S/C15H31N3/c1-4-16-15-7-9-18(13(2)10-15)12-14-6-5-8-17(3)11-14/h13-16H,4-12H2,1-3H3. The van der Waals surface area contributed by atoms with Crippen molar-refractivity contribution in [2.24, 2.45) is 5.92 Å². The summed E-state index contributed by atoms with van der Waals surface area (Å²) in [4.78, 5) is 5.24. The van der Waals surface area contributed by atoms with E-state index >= 15 is 0 Å². The minimum Gasteiger partial charge on any atom is -0.314 e. The second-order valence-electron chi connectivity index (χ2n) is 6.39. The molecule has 2 aliphatic rings. The minimum atomic E-state index is 0.759. The summed E-state index contributed by atoms with van der Waals surface area (Å²) < 4.78 is 0. The second kappa shape index (κ2) is 6.88. The fourth-order valence-electron chi connectivity index (χ4n) is 3.72. The second-order valence-corrected chi connectivity index (χ2v) is 6.39. The SMILES string of the molecule is CCNC1CCN(CC2CCCN(C)C2)C(C)C1. The molecule has 3 unspecified atom stereocenters. The van der Waals surface area contributed by atoms with Gasteiger partial charge in [0, 0.05) is 25.2 Å². The van der Waals surface area contributed by atoms with Crippen LogP contribution in [-0.2, 0) is 0 Å². The fourth-order valence-corrected chi connectivity index (χ4v) is 3.72. The van der Waals surface area contributed by atoms with Crippen molar-refractivity contribution in [1.82, 2.24) is 15.1 Å². The molecule has 0 spiro atoms. The Bertz CT molecular complexity index is 244. The van der Waals surface area contributed by atoms with Crippen molar-refractivity contribution in [1.29, 1.82) is 0 Å². The minimum absolute atomic E-state index is 0.759. The normalized spacial score (nSPS) is 35.8. The third-order valence-corrected chi connectivity index (χ3v) is 4.72. The Hall–Kier alpha value is -0.120. The summed E-state index contributed by atoms with van der Waals surface area (Å²) in [6.45, 7) is 11.0. The Kier molecular flexibility index (Phi) is 5.46. The molecule has 0 radical (unpaired) electrons. The highest BCUT2D eigenvalue weighted by molar-refractivity contribution is 4.85. The predicted molar refractivity (Wildman–Crippen MR) is 78.0 cm³/mol. The maximum Gasteiger partial charge on any atom is 0.00939 e. The largest absolute Gasteiger partial charge is 0.314 e. The third kappa shape index (κ3) is 3.94. The van der Waals surface area contributed by atoms with E-state index in [2.05, 4.69) is 36.0 Å². The Morgan fingerprint density at radius 3 is 2.72 bits per heavy atom. The molecule has 3 atom stereocenters. The zero-order valence-corrected chi connectivity index (χ0v) is 12.5. The van der Waals surface area contributed by atoms with Crippen molar-refractivity contribution in [3.05, 3.63) is 0 Å². The summed E-state index contributed by atoms with van der Waals surface area (Å²) >= 11 is 0. The number of rotatable bonds is 4. The highest BCUT2D eigenvalue weighted by Gasteiger charge is 2.27. The fraction of sp³-hybridized carbons (Fsp3) is 1.00. The molecule has 3 heteroatoms. The van der Waals surface area contributed by atoms with E-state index in [1.807, 2.05) is 0 Å². The molecule has 2 saturated heterocycles. The van der Waals surface area contributed by atoms with Crippen molar-refractivity contribution in [3.8, 4) is 0 Å². The predicted octanol–water partition coefficient (Wildman–Crippen LogP) is 1.79. The van der Waals surface area contributed by atoms with Crippen LogP contribution in [0.15, 0.2) is 0 Å². The average molecular weight is 253 g/mol. The van der Waals surface area contributed by atoms with Crippen LogP contribution in [0.5, 0.6) is 0 Å². The molecule has 2 heterocycles. The lowest BCUT2D eigenvalue weighted by Crippen LogP contribution is -2.50. The summed E-state index contributed by atoms with van der Waals surface area (Å²) in [7, 11) is 2.27. The van der Waals surface area contributed by atoms with E-state index in [0.29, 0.717) is 0 Å². The first-order valence-electron chi connectivity index (χ1n) is 7.85. The van der Waals surface area contributed by atoms with Gasteiger partial charge in [-0.2, -0.15) is 0 Å². The summed E-state index contributed by atoms with van der Waals surface area (Å²) in [6.07, 6.45) is 5.49. The van der Waals surface area contributed by atoms with Gasteiger partial charge in [0.15, 0.2) is 0 Å². The Balaban J connectivity index is 1.76. The van der Waals surface area contributed by atoms with Gasteiger partial charge in [0.25, 0.3) is 0 Å². The van der Waals surface area contributed by atoms with Crippen molar-refractivity contribution >= 4 is 0 Å². The molecule has 2 rings (SSSR count). The number of nitrogens with one attached hydrogen (secondary N) is 1. The van der Waals surface area contributed by atoms with Crippen molar-refractivity contribution in [3.63, 3.8) is 0 Å². The lowest BCUT2D eigenvalue weighted by atomic mass is 9.93. The molecule has 2 fully saturated rings. The molecular weight excluding hydrogens is 222 g/mol. The molecule has 0 aromatic carbocycles. The average Bonchev–Trinajstić information content (AvgIpc) is 2.33. The number of hydrogen-bond donors (Lipinski definition) is 1. The van der Waals surface area contributed by atoms with Crippen LogP contribution < -0.4 is 5.32 Å². The van der Waals surface area contributed by atoms with Gasteiger partial charge in [-0.1, -0.05) is 6.92 Å². The molecule has 0 bridgehead atoms. The molecule has 106 valence electrons. The quantitative estimate of drug-likeness (QED) is 0.824. The van der Waals surface area contributed by atoms with Gasteiger partial charge < -0.3 is 15.1 Å². The van der Waals surface area contributed by atoms with Gasteiger partial charge in [-0.3, -0.25) is 0 Å². The monoisotopic (exact) mass is 253 g/mol. The van der Waals surface area contributed by atoms with Crippen LogP contribution in [0.3, 0.4) is 0 Å². The molecule has 1 N–H and O–H groups in total. The van der Waals surface area contributed by atoms with E-state index < -0.39 is 0 Å². The van der Waals surface area contributed by atoms with Crippen molar-refractivity contribution < 1.29 is 0 Å². The smallest absolute Gasteiger partial charge is 0.00939 e. The van der Waals surface area contributed by atoms with Gasteiger partial charge in [0.1, 0.15) is 0 Å². The summed E-state index contributed by atoms with van der Waals surface area (Å²) in [5.74, 6) is 0.905. The first-order valence-corrected chi connectivity index (χ1v) is 7.85. The summed E-state index contributed by atoms with van der Waals surface area (Å²) in [5.41, 5.74) is 0. The van der Waals surface area contributed by atoms with Crippen LogP contribution in [0.2, 0.25) is 0 Å². The Morgan fingerprint density at radius 1 is 1.22 bits per heavy atom. The van der Waals surface area contributed by atoms with E-state index in [1.165, 1.54) is 51.9 Å². The maximum absolute atomic E-state index is 3.61. The van der Waals surface area contributed by atoms with E-state index in [-0.39, 0.29) is 0 Å². The van der Waals surface area contributed by atoms with Crippen molar-refractivity contribution in [2.75, 3.05) is 39.8 Å². The van der Waals surface area contributed by atoms with Crippen LogP contribution in [0.25, 0.3) is 0 Å². The van der Waals surface area contributed by atoms with Gasteiger partial charge in [0.2, 0.25) is 0 Å². The topological polar surface area (TPSA) is 18.5 Å². The molecule has 0 amide bonds. The van der Waals surface area contributed by atoms with Crippen LogP contribution in [-0.4, -0.2) is 61.7 Å². The van der Waals surface area contributed by atoms with Crippen LogP contribution in [0.1, 0.15) is 39.5 Å². The lowest BCUT2D eigenvalue weighted by molar-refractivity contribution is 0.0904. The lowest BCUT2D eigenvalue weighted by Gasteiger charge is -2.41. The summed E-state index contributed by atoms with van der Waals surface area (Å²) in [6, 6.07) is 1.52. The summed E-state index contributed by atoms with van der Waals surface area (Å²) in [5, 5.41) is 3.61. The Labute approximate surface area is 113 Å². The number of nitrogens with zero attached hydrogens (tertiary/aromatic N) is 2. The molecule has 0 saturated carbocycles. The van der Waals surface area contributed by atoms with E-state index in [1.54, 1.807) is 0 Å². The first kappa shape index (κ1) is 14.3.